The molecule has 1 aromatic carbocycles. The van der Waals surface area contributed by atoms with Crippen molar-refractivity contribution in [2.24, 2.45) is 0 Å². The van der Waals surface area contributed by atoms with Crippen molar-refractivity contribution in [2.75, 3.05) is 11.4 Å². The fraction of sp³-hybridized carbons (Fsp3) is 0.286. The lowest BCUT2D eigenvalue weighted by Crippen LogP contribution is -2.19. The number of aryl methyl sites for hydroxylation is 1. The van der Waals surface area contributed by atoms with Gasteiger partial charge in [0, 0.05) is 18.3 Å². The second-order valence-electron chi connectivity index (χ2n) is 4.46. The van der Waals surface area contributed by atoms with Gasteiger partial charge in [-0.25, -0.2) is 9.97 Å². The monoisotopic (exact) mass is 315 g/mol. The van der Waals surface area contributed by atoms with Crippen LogP contribution in [-0.2, 0) is 6.18 Å². The van der Waals surface area contributed by atoms with Gasteiger partial charge >= 0.3 is 6.18 Å². The molecule has 1 aromatic heterocycles. The molecule has 2 rings (SSSR count). The first-order chi connectivity index (χ1) is 9.81. The van der Waals surface area contributed by atoms with Crippen LogP contribution in [0.5, 0.6) is 0 Å². The smallest absolute Gasteiger partial charge is 0.326 e. The van der Waals surface area contributed by atoms with Crippen molar-refractivity contribution in [2.45, 2.75) is 20.0 Å². The predicted molar refractivity (Wildman–Crippen MR) is 75.9 cm³/mol. The minimum atomic E-state index is -4.56. The van der Waals surface area contributed by atoms with E-state index in [-0.39, 0.29) is 5.82 Å². The maximum absolute atomic E-state index is 12.8. The molecule has 0 bridgehead atoms. The summed E-state index contributed by atoms with van der Waals surface area (Å²) in [5.41, 5.74) is 0.700. The van der Waals surface area contributed by atoms with Crippen LogP contribution in [0.3, 0.4) is 0 Å². The van der Waals surface area contributed by atoms with Crippen LogP contribution in [0.1, 0.15) is 18.2 Å². The van der Waals surface area contributed by atoms with Crippen molar-refractivity contribution in [3.63, 3.8) is 0 Å². The molecule has 21 heavy (non-hydrogen) atoms. The highest BCUT2D eigenvalue weighted by atomic mass is 35.5. The summed E-state index contributed by atoms with van der Waals surface area (Å²) in [7, 11) is 0. The third-order valence-corrected chi connectivity index (χ3v) is 3.05. The zero-order valence-corrected chi connectivity index (χ0v) is 12.2. The topological polar surface area (TPSA) is 29.0 Å². The van der Waals surface area contributed by atoms with Gasteiger partial charge in [-0.15, -0.1) is 0 Å². The number of benzene rings is 1. The van der Waals surface area contributed by atoms with Crippen LogP contribution in [0.15, 0.2) is 30.3 Å². The van der Waals surface area contributed by atoms with E-state index in [0.29, 0.717) is 6.54 Å². The Bertz CT molecular complexity index is 644. The number of alkyl halides is 3. The van der Waals surface area contributed by atoms with Gasteiger partial charge in [-0.3, -0.25) is 0 Å². The zero-order chi connectivity index (χ0) is 15.6. The Morgan fingerprint density at radius 1 is 1.19 bits per heavy atom. The first-order valence-corrected chi connectivity index (χ1v) is 6.65. The lowest BCUT2D eigenvalue weighted by Gasteiger charge is -2.23. The second kappa shape index (κ2) is 5.89. The molecule has 0 aliphatic carbocycles. The lowest BCUT2D eigenvalue weighted by atomic mass is 10.2. The summed E-state index contributed by atoms with van der Waals surface area (Å²) in [5.74, 6) is 0.121. The van der Waals surface area contributed by atoms with E-state index in [1.807, 2.05) is 32.0 Å². The largest absolute Gasteiger partial charge is 0.433 e. The average Bonchev–Trinajstić information content (AvgIpc) is 2.38. The summed E-state index contributed by atoms with van der Waals surface area (Å²) in [6.45, 7) is 4.19. The molecule has 0 radical (unpaired) electrons. The van der Waals surface area contributed by atoms with Crippen molar-refractivity contribution < 1.29 is 13.2 Å². The van der Waals surface area contributed by atoms with Crippen LogP contribution in [0.2, 0.25) is 5.28 Å². The van der Waals surface area contributed by atoms with Gasteiger partial charge in [0.2, 0.25) is 5.28 Å². The first kappa shape index (κ1) is 15.6. The Morgan fingerprint density at radius 3 is 2.48 bits per heavy atom. The molecule has 112 valence electrons. The third-order valence-electron chi connectivity index (χ3n) is 2.88. The van der Waals surface area contributed by atoms with Gasteiger partial charge in [0.15, 0.2) is 5.69 Å². The van der Waals surface area contributed by atoms with E-state index >= 15 is 0 Å². The number of rotatable bonds is 3. The summed E-state index contributed by atoms with van der Waals surface area (Å²) in [4.78, 5) is 8.79. The Kier molecular flexibility index (Phi) is 4.37. The molecule has 0 saturated carbocycles. The molecule has 1 heterocycles. The molecule has 0 amide bonds. The van der Waals surface area contributed by atoms with Gasteiger partial charge in [0.05, 0.1) is 0 Å². The van der Waals surface area contributed by atoms with Crippen LogP contribution < -0.4 is 4.90 Å². The highest BCUT2D eigenvalue weighted by molar-refractivity contribution is 6.28. The first-order valence-electron chi connectivity index (χ1n) is 6.27. The fourth-order valence-corrected chi connectivity index (χ4v) is 2.14. The molecular weight excluding hydrogens is 303 g/mol. The minimum Gasteiger partial charge on any atom is -0.326 e. The molecule has 0 atom stereocenters. The number of hydrogen-bond donors (Lipinski definition) is 0. The SMILES string of the molecule is CCN(c1cccc(C)c1)c1cc(C(F)(F)F)nc(Cl)n1. The van der Waals surface area contributed by atoms with Crippen LogP contribution in [0.4, 0.5) is 24.7 Å². The quantitative estimate of drug-likeness (QED) is 0.774. The molecule has 0 fully saturated rings. The number of halogens is 4. The van der Waals surface area contributed by atoms with Gasteiger partial charge in [-0.1, -0.05) is 12.1 Å². The molecule has 0 unspecified atom stereocenters. The van der Waals surface area contributed by atoms with Gasteiger partial charge in [0.1, 0.15) is 5.82 Å². The molecule has 0 N–H and O–H groups in total. The average molecular weight is 316 g/mol. The van der Waals surface area contributed by atoms with Crippen molar-refractivity contribution in [3.05, 3.63) is 46.9 Å². The van der Waals surface area contributed by atoms with Gasteiger partial charge in [-0.2, -0.15) is 13.2 Å². The molecule has 0 aliphatic heterocycles. The van der Waals surface area contributed by atoms with Crippen LogP contribution >= 0.6 is 11.6 Å². The fourth-order valence-electron chi connectivity index (χ4n) is 1.96. The minimum absolute atomic E-state index is 0.121. The number of hydrogen-bond acceptors (Lipinski definition) is 3. The third kappa shape index (κ3) is 3.64. The standard InChI is InChI=1S/C14H13ClF3N3/c1-3-21(10-6-4-5-9(2)7-10)12-8-11(14(16,17)18)19-13(15)20-12/h4-8H,3H2,1-2H3. The van der Waals surface area contributed by atoms with Crippen molar-refractivity contribution >= 4 is 23.1 Å². The summed E-state index contributed by atoms with van der Waals surface area (Å²) in [5, 5.41) is -0.425. The number of anilines is 2. The highest BCUT2D eigenvalue weighted by Crippen LogP contribution is 2.32. The Balaban J connectivity index is 2.50. The van der Waals surface area contributed by atoms with E-state index in [9.17, 15) is 13.2 Å². The normalized spacial score (nSPS) is 11.5. The predicted octanol–water partition coefficient (Wildman–Crippen LogP) is 4.62. The molecule has 3 nitrogen and oxygen atoms in total. The summed E-state index contributed by atoms with van der Waals surface area (Å²) in [6, 6.07) is 8.32. The van der Waals surface area contributed by atoms with Crippen molar-refractivity contribution in [3.8, 4) is 0 Å². The van der Waals surface area contributed by atoms with E-state index in [2.05, 4.69) is 9.97 Å². The number of nitrogens with zero attached hydrogens (tertiary/aromatic N) is 3. The van der Waals surface area contributed by atoms with Gasteiger partial charge in [0.25, 0.3) is 0 Å². The van der Waals surface area contributed by atoms with Crippen LogP contribution in [0, 0.1) is 6.92 Å². The maximum atomic E-state index is 12.8. The summed E-state index contributed by atoms with van der Waals surface area (Å²) >= 11 is 5.63. The van der Waals surface area contributed by atoms with E-state index < -0.39 is 17.2 Å². The maximum Gasteiger partial charge on any atom is 0.433 e. The molecule has 0 aliphatic rings. The molecule has 7 heteroatoms. The Hall–Kier alpha value is -1.82. The lowest BCUT2D eigenvalue weighted by molar-refractivity contribution is -0.141. The van der Waals surface area contributed by atoms with Crippen molar-refractivity contribution in [1.29, 1.82) is 0 Å². The Morgan fingerprint density at radius 2 is 1.90 bits per heavy atom. The van der Waals surface area contributed by atoms with Crippen molar-refractivity contribution in [1.82, 2.24) is 9.97 Å². The van der Waals surface area contributed by atoms with Crippen LogP contribution in [0.25, 0.3) is 0 Å². The molecular formula is C14H13ClF3N3. The summed E-state index contributed by atoms with van der Waals surface area (Å²) < 4.78 is 38.4. The van der Waals surface area contributed by atoms with E-state index in [0.717, 1.165) is 17.3 Å². The molecule has 0 saturated heterocycles. The van der Waals surface area contributed by atoms with Gasteiger partial charge < -0.3 is 4.90 Å². The number of aromatic nitrogens is 2. The van der Waals surface area contributed by atoms with E-state index in [1.165, 1.54) is 0 Å². The second-order valence-corrected chi connectivity index (χ2v) is 4.80. The van der Waals surface area contributed by atoms with Crippen LogP contribution in [-0.4, -0.2) is 16.5 Å². The zero-order valence-electron chi connectivity index (χ0n) is 11.4. The van der Waals surface area contributed by atoms with E-state index in [1.54, 1.807) is 11.0 Å². The van der Waals surface area contributed by atoms with Gasteiger partial charge in [-0.05, 0) is 43.1 Å². The molecule has 2 aromatic rings. The Labute approximate surface area is 125 Å². The molecule has 0 spiro atoms. The highest BCUT2D eigenvalue weighted by Gasteiger charge is 2.34. The van der Waals surface area contributed by atoms with E-state index in [4.69, 9.17) is 11.6 Å². The summed E-state index contributed by atoms with van der Waals surface area (Å²) in [6.07, 6.45) is -4.56.